The van der Waals surface area contributed by atoms with Crippen LogP contribution in [0, 0.1) is 15.9 Å². The van der Waals surface area contributed by atoms with Crippen molar-refractivity contribution in [3.8, 4) is 5.75 Å². The van der Waals surface area contributed by atoms with Gasteiger partial charge in [-0.25, -0.2) is 4.39 Å². The summed E-state index contributed by atoms with van der Waals surface area (Å²) in [6.07, 6.45) is 0. The summed E-state index contributed by atoms with van der Waals surface area (Å²) < 4.78 is 18.8. The first-order valence-corrected chi connectivity index (χ1v) is 6.39. The Morgan fingerprint density at radius 2 is 2.05 bits per heavy atom. The highest BCUT2D eigenvalue weighted by Gasteiger charge is 2.14. The van der Waals surface area contributed by atoms with Crippen molar-refractivity contribution in [1.82, 2.24) is 0 Å². The van der Waals surface area contributed by atoms with E-state index in [1.807, 2.05) is 0 Å². The predicted octanol–water partition coefficient (Wildman–Crippen LogP) is 3.33. The van der Waals surface area contributed by atoms with Crippen LogP contribution in [0.5, 0.6) is 5.75 Å². The molecule has 5 nitrogen and oxygen atoms in total. The third kappa shape index (κ3) is 3.55. The molecule has 2 rings (SSSR count). The lowest BCUT2D eigenvalue weighted by Gasteiger charge is -2.14. The fourth-order valence-electron chi connectivity index (χ4n) is 1.97. The van der Waals surface area contributed by atoms with E-state index in [1.165, 1.54) is 24.3 Å². The molecule has 0 aliphatic rings. The molecule has 0 aliphatic carbocycles. The van der Waals surface area contributed by atoms with Gasteiger partial charge in [0.05, 0.1) is 10.5 Å². The van der Waals surface area contributed by atoms with Crippen molar-refractivity contribution in [2.24, 2.45) is 5.73 Å². The van der Waals surface area contributed by atoms with Gasteiger partial charge in [-0.2, -0.15) is 0 Å². The number of rotatable bonds is 5. The van der Waals surface area contributed by atoms with Crippen molar-refractivity contribution in [1.29, 1.82) is 0 Å². The molecule has 1 atom stereocenters. The number of hydrogen-bond acceptors (Lipinski definition) is 4. The molecule has 0 aliphatic heterocycles. The van der Waals surface area contributed by atoms with Crippen molar-refractivity contribution in [2.45, 2.75) is 19.6 Å². The van der Waals surface area contributed by atoms with Crippen LogP contribution in [0.15, 0.2) is 42.5 Å². The number of halogens is 1. The van der Waals surface area contributed by atoms with Crippen LogP contribution in [0.2, 0.25) is 0 Å². The number of hydrogen-bond donors (Lipinski definition) is 1. The first kappa shape index (κ1) is 14.9. The molecular weight excluding hydrogens is 275 g/mol. The molecule has 2 aromatic carbocycles. The van der Waals surface area contributed by atoms with Gasteiger partial charge < -0.3 is 10.5 Å². The normalized spacial score (nSPS) is 12.0. The summed E-state index contributed by atoms with van der Waals surface area (Å²) in [7, 11) is 0. The molecule has 0 saturated carbocycles. The monoisotopic (exact) mass is 290 g/mol. The molecular formula is C15H15FN2O3. The Bertz CT molecular complexity index is 659. The Kier molecular flexibility index (Phi) is 4.49. The molecule has 110 valence electrons. The zero-order chi connectivity index (χ0) is 15.4. The van der Waals surface area contributed by atoms with E-state index in [0.29, 0.717) is 16.9 Å². The maximum atomic E-state index is 13.2. The van der Waals surface area contributed by atoms with Gasteiger partial charge in [0, 0.05) is 17.7 Å². The van der Waals surface area contributed by atoms with Gasteiger partial charge in [-0.1, -0.05) is 12.1 Å². The van der Waals surface area contributed by atoms with Gasteiger partial charge in [0.15, 0.2) is 0 Å². The number of nitrogens with zero attached hydrogens (tertiary/aromatic N) is 1. The smallest absolute Gasteiger partial charge is 0.276 e. The average molecular weight is 290 g/mol. The second-order valence-corrected chi connectivity index (χ2v) is 4.65. The van der Waals surface area contributed by atoms with Crippen LogP contribution < -0.4 is 10.5 Å². The Labute approximate surface area is 121 Å². The Morgan fingerprint density at radius 1 is 1.33 bits per heavy atom. The summed E-state index contributed by atoms with van der Waals surface area (Å²) in [5, 5.41) is 10.9. The van der Waals surface area contributed by atoms with E-state index in [1.54, 1.807) is 25.1 Å². The molecule has 0 amide bonds. The molecule has 6 heteroatoms. The van der Waals surface area contributed by atoms with Crippen LogP contribution in [0.3, 0.4) is 0 Å². The van der Waals surface area contributed by atoms with Crippen molar-refractivity contribution in [3.05, 3.63) is 69.5 Å². The number of para-hydroxylation sites is 1. The Morgan fingerprint density at radius 3 is 2.71 bits per heavy atom. The third-order valence-corrected chi connectivity index (χ3v) is 3.03. The lowest BCUT2D eigenvalue weighted by molar-refractivity contribution is -0.385. The summed E-state index contributed by atoms with van der Waals surface area (Å²) in [6.45, 7) is 1.73. The zero-order valence-corrected chi connectivity index (χ0v) is 11.5. The fraction of sp³-hybridized carbons (Fsp3) is 0.200. The van der Waals surface area contributed by atoms with Crippen LogP contribution in [0.25, 0.3) is 0 Å². The van der Waals surface area contributed by atoms with Crippen molar-refractivity contribution < 1.29 is 14.1 Å². The van der Waals surface area contributed by atoms with Crippen molar-refractivity contribution >= 4 is 5.69 Å². The molecule has 0 spiro atoms. The molecule has 2 aromatic rings. The molecule has 21 heavy (non-hydrogen) atoms. The van der Waals surface area contributed by atoms with Crippen LogP contribution in [0.1, 0.15) is 24.1 Å². The topological polar surface area (TPSA) is 78.4 Å². The lowest BCUT2D eigenvalue weighted by atomic mass is 10.1. The van der Waals surface area contributed by atoms with Crippen LogP contribution in [0.4, 0.5) is 10.1 Å². The number of nitrogens with two attached hydrogens (primary N) is 1. The van der Waals surface area contributed by atoms with E-state index in [2.05, 4.69) is 0 Å². The van der Waals surface area contributed by atoms with Gasteiger partial charge in [0.25, 0.3) is 5.69 Å². The summed E-state index contributed by atoms with van der Waals surface area (Å²) in [4.78, 5) is 10.5. The maximum Gasteiger partial charge on any atom is 0.276 e. The summed E-state index contributed by atoms with van der Waals surface area (Å²) in [5.74, 6) is 0.0184. The molecule has 0 saturated heterocycles. The highest BCUT2D eigenvalue weighted by molar-refractivity contribution is 5.41. The van der Waals surface area contributed by atoms with Gasteiger partial charge >= 0.3 is 0 Å². The molecule has 0 radical (unpaired) electrons. The average Bonchev–Trinajstić information content (AvgIpc) is 2.46. The van der Waals surface area contributed by atoms with Gasteiger partial charge in [-0.05, 0) is 31.2 Å². The number of nitro groups is 1. The zero-order valence-electron chi connectivity index (χ0n) is 11.5. The molecule has 0 heterocycles. The predicted molar refractivity (Wildman–Crippen MR) is 76.4 cm³/mol. The van der Waals surface area contributed by atoms with E-state index < -0.39 is 16.8 Å². The van der Waals surface area contributed by atoms with E-state index in [4.69, 9.17) is 10.5 Å². The van der Waals surface area contributed by atoms with E-state index in [0.717, 1.165) is 0 Å². The van der Waals surface area contributed by atoms with E-state index >= 15 is 0 Å². The summed E-state index contributed by atoms with van der Waals surface area (Å²) in [5.41, 5.74) is 6.73. The summed E-state index contributed by atoms with van der Waals surface area (Å²) in [6, 6.07) is 9.96. The Balaban J connectivity index is 2.23. The second-order valence-electron chi connectivity index (χ2n) is 4.65. The largest absolute Gasteiger partial charge is 0.488 e. The molecule has 0 bridgehead atoms. The highest BCUT2D eigenvalue weighted by Crippen LogP contribution is 2.27. The molecule has 2 N–H and O–H groups in total. The van der Waals surface area contributed by atoms with Crippen LogP contribution in [-0.2, 0) is 6.61 Å². The Hall–Kier alpha value is -2.47. The number of benzene rings is 2. The lowest BCUT2D eigenvalue weighted by Crippen LogP contribution is -2.09. The van der Waals surface area contributed by atoms with Gasteiger partial charge in [0.1, 0.15) is 18.2 Å². The standard InChI is InChI=1S/C15H15FN2O3/c1-10(17)13-8-12(16)6-7-15(13)21-9-11-4-2-3-5-14(11)18(19)20/h2-8,10H,9,17H2,1H3/t10-/m1/s1. The maximum absolute atomic E-state index is 13.2. The molecule has 0 unspecified atom stereocenters. The van der Waals surface area contributed by atoms with Crippen molar-refractivity contribution in [3.63, 3.8) is 0 Å². The minimum atomic E-state index is -0.462. The number of nitro benzene ring substituents is 1. The van der Waals surface area contributed by atoms with Crippen molar-refractivity contribution in [2.75, 3.05) is 0 Å². The van der Waals surface area contributed by atoms with E-state index in [9.17, 15) is 14.5 Å². The third-order valence-electron chi connectivity index (χ3n) is 3.03. The minimum absolute atomic E-state index is 0.0121. The first-order valence-electron chi connectivity index (χ1n) is 6.39. The highest BCUT2D eigenvalue weighted by atomic mass is 19.1. The van der Waals surface area contributed by atoms with Gasteiger partial charge in [0.2, 0.25) is 0 Å². The minimum Gasteiger partial charge on any atom is -0.488 e. The molecule has 0 fully saturated rings. The second kappa shape index (κ2) is 6.32. The fourth-order valence-corrected chi connectivity index (χ4v) is 1.97. The van der Waals surface area contributed by atoms with Crippen LogP contribution in [-0.4, -0.2) is 4.92 Å². The first-order chi connectivity index (χ1) is 9.99. The van der Waals surface area contributed by atoms with Gasteiger partial charge in [-0.15, -0.1) is 0 Å². The van der Waals surface area contributed by atoms with Gasteiger partial charge in [-0.3, -0.25) is 10.1 Å². The SMILES string of the molecule is C[C@@H](N)c1cc(F)ccc1OCc1ccccc1[N+](=O)[O-]. The summed E-state index contributed by atoms with van der Waals surface area (Å²) >= 11 is 0. The van der Waals surface area contributed by atoms with Crippen LogP contribution >= 0.6 is 0 Å². The van der Waals surface area contributed by atoms with E-state index in [-0.39, 0.29) is 12.3 Å². The molecule has 0 aromatic heterocycles. The number of ether oxygens (including phenoxy) is 1. The quantitative estimate of drug-likeness (QED) is 0.676.